The van der Waals surface area contributed by atoms with E-state index < -0.39 is 5.91 Å². The van der Waals surface area contributed by atoms with E-state index in [1.54, 1.807) is 19.2 Å². The van der Waals surface area contributed by atoms with Crippen LogP contribution in [0.25, 0.3) is 11.3 Å². The number of aromatic nitrogens is 3. The first-order valence-electron chi connectivity index (χ1n) is 4.58. The first-order valence-corrected chi connectivity index (χ1v) is 4.58. The highest BCUT2D eigenvalue weighted by Crippen LogP contribution is 2.29. The van der Waals surface area contributed by atoms with Crippen LogP contribution in [0.5, 0.6) is 5.75 Å². The number of carbonyl (C=O) groups excluding carboxylic acids is 1. The lowest BCUT2D eigenvalue weighted by Gasteiger charge is -2.05. The monoisotopic (exact) mass is 218 g/mol. The topological polar surface area (TPSA) is 93.9 Å². The van der Waals surface area contributed by atoms with E-state index >= 15 is 0 Å². The Morgan fingerprint density at radius 3 is 2.81 bits per heavy atom. The minimum atomic E-state index is -0.630. The van der Waals surface area contributed by atoms with Gasteiger partial charge >= 0.3 is 0 Å². The fraction of sp³-hybridized carbons (Fsp3) is 0.100. The maximum Gasteiger partial charge on any atom is 0.271 e. The molecular formula is C10H10N4O2. The number of hydrogen-bond donors (Lipinski definition) is 2. The molecule has 0 fully saturated rings. The maximum atomic E-state index is 11.1. The summed E-state index contributed by atoms with van der Waals surface area (Å²) in [5, 5.41) is 9.97. The Morgan fingerprint density at radius 2 is 2.12 bits per heavy atom. The van der Waals surface area contributed by atoms with E-state index in [1.165, 1.54) is 0 Å². The van der Waals surface area contributed by atoms with Crippen LogP contribution in [0.2, 0.25) is 0 Å². The number of aromatic amines is 1. The first kappa shape index (κ1) is 10.2. The molecule has 0 saturated carbocycles. The molecule has 6 nitrogen and oxygen atoms in total. The molecule has 2 rings (SSSR count). The molecule has 1 aromatic heterocycles. The van der Waals surface area contributed by atoms with Crippen molar-refractivity contribution < 1.29 is 9.53 Å². The zero-order valence-electron chi connectivity index (χ0n) is 8.60. The van der Waals surface area contributed by atoms with Gasteiger partial charge in [0.25, 0.3) is 5.91 Å². The van der Waals surface area contributed by atoms with Crippen LogP contribution in [0.1, 0.15) is 10.5 Å². The molecule has 3 N–H and O–H groups in total. The van der Waals surface area contributed by atoms with Crippen molar-refractivity contribution >= 4 is 5.91 Å². The normalized spacial score (nSPS) is 10.1. The Labute approximate surface area is 91.4 Å². The molecule has 0 radical (unpaired) electrons. The van der Waals surface area contributed by atoms with E-state index in [0.29, 0.717) is 17.0 Å². The molecule has 2 aromatic rings. The molecule has 0 atom stereocenters. The fourth-order valence-electron chi connectivity index (χ4n) is 1.43. The van der Waals surface area contributed by atoms with Gasteiger partial charge in [-0.2, -0.15) is 15.4 Å². The van der Waals surface area contributed by atoms with Crippen LogP contribution in [0.4, 0.5) is 0 Å². The van der Waals surface area contributed by atoms with Crippen molar-refractivity contribution in [2.45, 2.75) is 0 Å². The van der Waals surface area contributed by atoms with Crippen molar-refractivity contribution in [3.63, 3.8) is 0 Å². The van der Waals surface area contributed by atoms with Gasteiger partial charge in [0.2, 0.25) is 0 Å². The highest BCUT2D eigenvalue weighted by molar-refractivity contribution is 5.97. The van der Waals surface area contributed by atoms with Gasteiger partial charge in [0.15, 0.2) is 5.69 Å². The third kappa shape index (κ3) is 1.60. The van der Waals surface area contributed by atoms with Crippen molar-refractivity contribution in [1.82, 2.24) is 15.4 Å². The van der Waals surface area contributed by atoms with Gasteiger partial charge in [0, 0.05) is 5.56 Å². The van der Waals surface area contributed by atoms with Crippen molar-refractivity contribution in [2.75, 3.05) is 7.11 Å². The average Bonchev–Trinajstić information content (AvgIpc) is 2.77. The Hall–Kier alpha value is -2.37. The van der Waals surface area contributed by atoms with Crippen molar-refractivity contribution in [3.8, 4) is 17.0 Å². The number of carbonyl (C=O) groups is 1. The van der Waals surface area contributed by atoms with Crippen LogP contribution in [0, 0.1) is 0 Å². The molecule has 0 aliphatic heterocycles. The summed E-state index contributed by atoms with van der Waals surface area (Å²) in [5.74, 6) is -0.0199. The second-order valence-electron chi connectivity index (χ2n) is 3.09. The SMILES string of the molecule is COc1ccccc1-c1n[nH]nc1C(N)=O. The van der Waals surface area contributed by atoms with Crippen molar-refractivity contribution in [3.05, 3.63) is 30.0 Å². The molecule has 0 aliphatic rings. The van der Waals surface area contributed by atoms with E-state index in [9.17, 15) is 4.79 Å². The van der Waals surface area contributed by atoms with Crippen LogP contribution in [0.15, 0.2) is 24.3 Å². The summed E-state index contributed by atoms with van der Waals surface area (Å²) in [4.78, 5) is 11.1. The number of primary amides is 1. The lowest BCUT2D eigenvalue weighted by molar-refractivity contribution is 0.0996. The van der Waals surface area contributed by atoms with Gasteiger partial charge < -0.3 is 10.5 Å². The number of amides is 1. The number of nitrogens with one attached hydrogen (secondary N) is 1. The van der Waals surface area contributed by atoms with Crippen molar-refractivity contribution in [2.24, 2.45) is 5.73 Å². The van der Waals surface area contributed by atoms with Crippen LogP contribution in [-0.4, -0.2) is 28.4 Å². The number of para-hydroxylation sites is 1. The predicted octanol–water partition coefficient (Wildman–Crippen LogP) is 0.579. The minimum Gasteiger partial charge on any atom is -0.496 e. The average molecular weight is 218 g/mol. The molecule has 1 heterocycles. The highest BCUT2D eigenvalue weighted by Gasteiger charge is 2.17. The second-order valence-corrected chi connectivity index (χ2v) is 3.09. The number of nitrogens with two attached hydrogens (primary N) is 1. The summed E-state index contributed by atoms with van der Waals surface area (Å²) in [6.07, 6.45) is 0. The van der Waals surface area contributed by atoms with Crippen LogP contribution in [-0.2, 0) is 0 Å². The molecule has 6 heteroatoms. The number of H-pyrrole nitrogens is 1. The van der Waals surface area contributed by atoms with Gasteiger partial charge in [0.05, 0.1) is 7.11 Å². The van der Waals surface area contributed by atoms with Crippen LogP contribution >= 0.6 is 0 Å². The Balaban J connectivity index is 2.58. The summed E-state index contributed by atoms with van der Waals surface area (Å²) in [7, 11) is 1.54. The molecule has 1 aromatic carbocycles. The zero-order chi connectivity index (χ0) is 11.5. The van der Waals surface area contributed by atoms with Crippen LogP contribution in [0.3, 0.4) is 0 Å². The summed E-state index contributed by atoms with van der Waals surface area (Å²) < 4.78 is 5.17. The summed E-state index contributed by atoms with van der Waals surface area (Å²) in [6.45, 7) is 0. The Morgan fingerprint density at radius 1 is 1.38 bits per heavy atom. The third-order valence-corrected chi connectivity index (χ3v) is 2.14. The standard InChI is InChI=1S/C10H10N4O2/c1-16-7-5-3-2-4-6(7)8-9(10(11)15)13-14-12-8/h2-5H,1H3,(H2,11,15)(H,12,13,14). The van der Waals surface area contributed by atoms with E-state index in [1.807, 2.05) is 12.1 Å². The van der Waals surface area contributed by atoms with E-state index in [0.717, 1.165) is 0 Å². The van der Waals surface area contributed by atoms with Gasteiger partial charge in [-0.05, 0) is 12.1 Å². The molecule has 0 saturated heterocycles. The number of methoxy groups -OCH3 is 1. The number of ether oxygens (including phenoxy) is 1. The van der Waals surface area contributed by atoms with Crippen LogP contribution < -0.4 is 10.5 Å². The van der Waals surface area contributed by atoms with E-state index in [4.69, 9.17) is 10.5 Å². The van der Waals surface area contributed by atoms with Gasteiger partial charge in [-0.1, -0.05) is 12.1 Å². The highest BCUT2D eigenvalue weighted by atomic mass is 16.5. The van der Waals surface area contributed by atoms with Gasteiger partial charge in [-0.25, -0.2) is 0 Å². The molecule has 16 heavy (non-hydrogen) atoms. The quantitative estimate of drug-likeness (QED) is 0.787. The third-order valence-electron chi connectivity index (χ3n) is 2.14. The molecule has 0 aliphatic carbocycles. The molecule has 0 spiro atoms. The zero-order valence-corrected chi connectivity index (χ0v) is 8.60. The smallest absolute Gasteiger partial charge is 0.271 e. The first-order chi connectivity index (χ1) is 7.74. The lowest BCUT2D eigenvalue weighted by Crippen LogP contribution is -2.12. The van der Waals surface area contributed by atoms with E-state index in [2.05, 4.69) is 15.4 Å². The number of nitrogens with zero attached hydrogens (tertiary/aromatic N) is 2. The fourth-order valence-corrected chi connectivity index (χ4v) is 1.43. The maximum absolute atomic E-state index is 11.1. The Kier molecular flexibility index (Phi) is 2.55. The number of rotatable bonds is 3. The molecule has 82 valence electrons. The lowest BCUT2D eigenvalue weighted by atomic mass is 10.1. The van der Waals surface area contributed by atoms with Gasteiger partial charge in [-0.15, -0.1) is 0 Å². The molecule has 0 bridgehead atoms. The molecule has 1 amide bonds. The number of hydrogen-bond acceptors (Lipinski definition) is 4. The second kappa shape index (κ2) is 4.01. The summed E-state index contributed by atoms with van der Waals surface area (Å²) >= 11 is 0. The van der Waals surface area contributed by atoms with Crippen molar-refractivity contribution in [1.29, 1.82) is 0 Å². The molecular weight excluding hydrogens is 208 g/mol. The Bertz CT molecular complexity index is 521. The van der Waals surface area contributed by atoms with Gasteiger partial charge in [-0.3, -0.25) is 4.79 Å². The minimum absolute atomic E-state index is 0.101. The van der Waals surface area contributed by atoms with E-state index in [-0.39, 0.29) is 5.69 Å². The summed E-state index contributed by atoms with van der Waals surface area (Å²) in [6, 6.07) is 7.20. The predicted molar refractivity (Wildman–Crippen MR) is 56.9 cm³/mol. The van der Waals surface area contributed by atoms with Gasteiger partial charge in [0.1, 0.15) is 11.4 Å². The largest absolute Gasteiger partial charge is 0.496 e. The number of benzene rings is 1. The summed E-state index contributed by atoms with van der Waals surface area (Å²) in [5.41, 5.74) is 6.35. The molecule has 0 unspecified atom stereocenters.